The Bertz CT molecular complexity index is 413. The number of aryl methyl sites for hydroxylation is 2. The molecule has 0 spiro atoms. The molecule has 0 fully saturated rings. The van der Waals surface area contributed by atoms with E-state index in [0.717, 1.165) is 22.4 Å². The van der Waals surface area contributed by atoms with Gasteiger partial charge in [0, 0.05) is 6.54 Å². The van der Waals surface area contributed by atoms with Gasteiger partial charge in [0.05, 0.1) is 7.11 Å². The van der Waals surface area contributed by atoms with E-state index in [2.05, 4.69) is 5.32 Å². The summed E-state index contributed by atoms with van der Waals surface area (Å²) in [6.07, 6.45) is 0.270. The zero-order valence-electron chi connectivity index (χ0n) is 9.66. The largest absolute Gasteiger partial charge is 0.496 e. The van der Waals surface area contributed by atoms with E-state index in [1.54, 1.807) is 7.11 Å². The van der Waals surface area contributed by atoms with Crippen LogP contribution in [0.3, 0.4) is 0 Å². The summed E-state index contributed by atoms with van der Waals surface area (Å²) in [7, 11) is 1.62. The highest BCUT2D eigenvalue weighted by molar-refractivity contribution is 6.23. The average Bonchev–Trinajstić information content (AvgIpc) is 2.29. The van der Waals surface area contributed by atoms with Gasteiger partial charge in [0.1, 0.15) is 5.75 Å². The van der Waals surface area contributed by atoms with Crippen molar-refractivity contribution in [3.8, 4) is 5.75 Å². The molecule has 0 saturated carbocycles. The fourth-order valence-electron chi connectivity index (χ4n) is 1.48. The van der Waals surface area contributed by atoms with Gasteiger partial charge in [0.15, 0.2) is 0 Å². The van der Waals surface area contributed by atoms with E-state index in [9.17, 15) is 9.59 Å². The minimum absolute atomic E-state index is 0.270. The summed E-state index contributed by atoms with van der Waals surface area (Å²) in [5.41, 5.74) is 3.01. The molecular formula is C12H15NO3. The zero-order chi connectivity index (χ0) is 12.1. The lowest BCUT2D eigenvalue weighted by Crippen LogP contribution is -2.23. The Kier molecular flexibility index (Phi) is 4.05. The maximum absolute atomic E-state index is 10.8. The highest BCUT2D eigenvalue weighted by atomic mass is 16.5. The number of ether oxygens (including phenoxy) is 1. The number of methoxy groups -OCH3 is 1. The van der Waals surface area contributed by atoms with E-state index < -0.39 is 5.91 Å². The van der Waals surface area contributed by atoms with Gasteiger partial charge in [-0.2, -0.15) is 0 Å². The molecule has 0 aromatic heterocycles. The lowest BCUT2D eigenvalue weighted by atomic mass is 10.0. The summed E-state index contributed by atoms with van der Waals surface area (Å²) < 4.78 is 5.18. The third-order valence-electron chi connectivity index (χ3n) is 2.41. The molecule has 1 aromatic rings. The molecule has 0 bridgehead atoms. The van der Waals surface area contributed by atoms with Crippen LogP contribution in [-0.4, -0.2) is 19.3 Å². The Morgan fingerprint density at radius 1 is 1.38 bits per heavy atom. The second-order valence-corrected chi connectivity index (χ2v) is 3.58. The van der Waals surface area contributed by atoms with Crippen molar-refractivity contribution in [2.24, 2.45) is 0 Å². The molecule has 0 aliphatic rings. The fourth-order valence-corrected chi connectivity index (χ4v) is 1.48. The van der Waals surface area contributed by atoms with Crippen LogP contribution in [0.25, 0.3) is 0 Å². The van der Waals surface area contributed by atoms with E-state index in [-0.39, 0.29) is 6.29 Å². The van der Waals surface area contributed by atoms with Gasteiger partial charge in [0.25, 0.3) is 5.91 Å². The smallest absolute Gasteiger partial charge is 0.284 e. The highest BCUT2D eigenvalue weighted by Crippen LogP contribution is 2.22. The summed E-state index contributed by atoms with van der Waals surface area (Å²) in [5, 5.41) is 2.51. The molecule has 0 aliphatic heterocycles. The lowest BCUT2D eigenvalue weighted by Gasteiger charge is -2.11. The summed E-state index contributed by atoms with van der Waals surface area (Å²) in [4.78, 5) is 20.9. The van der Waals surface area contributed by atoms with Gasteiger partial charge >= 0.3 is 0 Å². The second kappa shape index (κ2) is 5.30. The minimum atomic E-state index is -0.604. The van der Waals surface area contributed by atoms with E-state index in [0.29, 0.717) is 6.54 Å². The molecule has 1 rings (SSSR count). The number of amides is 1. The molecule has 0 unspecified atom stereocenters. The van der Waals surface area contributed by atoms with Crippen LogP contribution in [0.15, 0.2) is 12.1 Å². The van der Waals surface area contributed by atoms with Crippen LogP contribution < -0.4 is 10.1 Å². The number of aldehydes is 1. The van der Waals surface area contributed by atoms with Crippen molar-refractivity contribution < 1.29 is 14.3 Å². The van der Waals surface area contributed by atoms with Crippen LogP contribution in [0.1, 0.15) is 16.7 Å². The monoisotopic (exact) mass is 221 g/mol. The third-order valence-corrected chi connectivity index (χ3v) is 2.41. The van der Waals surface area contributed by atoms with E-state index >= 15 is 0 Å². The first-order valence-electron chi connectivity index (χ1n) is 4.95. The number of hydrogen-bond acceptors (Lipinski definition) is 3. The van der Waals surface area contributed by atoms with Crippen molar-refractivity contribution in [1.82, 2.24) is 5.32 Å². The van der Waals surface area contributed by atoms with E-state index in [1.807, 2.05) is 26.0 Å². The summed E-state index contributed by atoms with van der Waals surface area (Å²) >= 11 is 0. The molecule has 0 heterocycles. The normalized spacial score (nSPS) is 9.69. The fraction of sp³-hybridized carbons (Fsp3) is 0.333. The van der Waals surface area contributed by atoms with Gasteiger partial charge in [-0.1, -0.05) is 6.07 Å². The van der Waals surface area contributed by atoms with Gasteiger partial charge in [-0.05, 0) is 36.6 Å². The molecule has 0 atom stereocenters. The molecule has 1 N–H and O–H groups in total. The van der Waals surface area contributed by atoms with Crippen LogP contribution in [-0.2, 0) is 16.1 Å². The molecule has 0 saturated heterocycles. The van der Waals surface area contributed by atoms with Crippen LogP contribution in [0.4, 0.5) is 0 Å². The van der Waals surface area contributed by atoms with Crippen molar-refractivity contribution in [3.63, 3.8) is 0 Å². The van der Waals surface area contributed by atoms with E-state index in [4.69, 9.17) is 4.74 Å². The lowest BCUT2D eigenvalue weighted by molar-refractivity contribution is -0.131. The number of nitrogens with one attached hydrogen (secondary N) is 1. The molecule has 86 valence electrons. The quantitative estimate of drug-likeness (QED) is 0.612. The zero-order valence-corrected chi connectivity index (χ0v) is 9.66. The van der Waals surface area contributed by atoms with Crippen LogP contribution in [0, 0.1) is 13.8 Å². The molecule has 1 amide bonds. The number of rotatable bonds is 4. The predicted octanol–water partition coefficient (Wildman–Crippen LogP) is 1.13. The standard InChI is InChI=1S/C12H15NO3/c1-8-5-11(16-3)9(2)4-10(8)6-13-12(15)7-14/h4-5,7H,6H2,1-3H3,(H,13,15). The summed E-state index contributed by atoms with van der Waals surface area (Å²) in [6, 6.07) is 3.86. The molecule has 4 nitrogen and oxygen atoms in total. The van der Waals surface area contributed by atoms with Gasteiger partial charge in [0.2, 0.25) is 6.29 Å². The first kappa shape index (κ1) is 12.2. The van der Waals surface area contributed by atoms with Crippen molar-refractivity contribution in [2.45, 2.75) is 20.4 Å². The summed E-state index contributed by atoms with van der Waals surface area (Å²) in [5.74, 6) is 0.218. The molecule has 1 aromatic carbocycles. The van der Waals surface area contributed by atoms with Crippen LogP contribution in [0.5, 0.6) is 5.75 Å². The van der Waals surface area contributed by atoms with Crippen molar-refractivity contribution in [1.29, 1.82) is 0 Å². The van der Waals surface area contributed by atoms with Gasteiger partial charge in [-0.3, -0.25) is 9.59 Å². The minimum Gasteiger partial charge on any atom is -0.496 e. The third kappa shape index (κ3) is 2.82. The highest BCUT2D eigenvalue weighted by Gasteiger charge is 2.05. The van der Waals surface area contributed by atoms with E-state index in [1.165, 1.54) is 0 Å². The SMILES string of the molecule is COc1cc(C)c(CNC(=O)C=O)cc1C. The van der Waals surface area contributed by atoms with Gasteiger partial charge in [-0.15, -0.1) is 0 Å². The Morgan fingerprint density at radius 3 is 2.62 bits per heavy atom. The molecular weight excluding hydrogens is 206 g/mol. The average molecular weight is 221 g/mol. The van der Waals surface area contributed by atoms with Gasteiger partial charge in [-0.25, -0.2) is 0 Å². The number of benzene rings is 1. The Hall–Kier alpha value is -1.84. The van der Waals surface area contributed by atoms with Crippen LogP contribution in [0.2, 0.25) is 0 Å². The summed E-state index contributed by atoms with van der Waals surface area (Å²) in [6.45, 7) is 4.22. The van der Waals surface area contributed by atoms with Crippen LogP contribution >= 0.6 is 0 Å². The maximum atomic E-state index is 10.8. The van der Waals surface area contributed by atoms with Crippen molar-refractivity contribution in [2.75, 3.05) is 7.11 Å². The Balaban J connectivity index is 2.85. The molecule has 0 aliphatic carbocycles. The van der Waals surface area contributed by atoms with Crippen molar-refractivity contribution in [3.05, 3.63) is 28.8 Å². The maximum Gasteiger partial charge on any atom is 0.284 e. The first-order chi connectivity index (χ1) is 7.58. The van der Waals surface area contributed by atoms with Gasteiger partial charge < -0.3 is 10.1 Å². The topological polar surface area (TPSA) is 55.4 Å². The molecule has 4 heteroatoms. The molecule has 16 heavy (non-hydrogen) atoms. The number of carbonyl (C=O) groups is 2. The second-order valence-electron chi connectivity index (χ2n) is 3.58. The molecule has 0 radical (unpaired) electrons. The first-order valence-corrected chi connectivity index (χ1v) is 4.95. The Labute approximate surface area is 94.6 Å². The number of hydrogen-bond donors (Lipinski definition) is 1. The van der Waals surface area contributed by atoms with Crippen molar-refractivity contribution >= 4 is 12.2 Å². The predicted molar refractivity (Wildman–Crippen MR) is 60.4 cm³/mol. The Morgan fingerprint density at radius 2 is 2.06 bits per heavy atom. The number of carbonyl (C=O) groups excluding carboxylic acids is 2.